The molecular formula is C30H27F2N3O2. The van der Waals surface area contributed by atoms with Gasteiger partial charge in [-0.3, -0.25) is 4.79 Å². The van der Waals surface area contributed by atoms with Crippen molar-refractivity contribution < 1.29 is 18.3 Å². The van der Waals surface area contributed by atoms with Gasteiger partial charge in [-0.05, 0) is 42.2 Å². The molecule has 0 spiro atoms. The number of fused-ring (bicyclic) bond motifs is 1. The lowest BCUT2D eigenvalue weighted by molar-refractivity contribution is -0.142. The van der Waals surface area contributed by atoms with E-state index in [1.807, 2.05) is 41.2 Å². The summed E-state index contributed by atoms with van der Waals surface area (Å²) in [6.07, 6.45) is 6.99. The van der Waals surface area contributed by atoms with Gasteiger partial charge in [-0.2, -0.15) is 0 Å². The van der Waals surface area contributed by atoms with E-state index >= 15 is 0 Å². The minimum atomic E-state index is -1.16. The van der Waals surface area contributed by atoms with E-state index in [0.29, 0.717) is 24.5 Å². The Morgan fingerprint density at radius 2 is 1.59 bits per heavy atom. The van der Waals surface area contributed by atoms with Crippen LogP contribution in [0.15, 0.2) is 97.4 Å². The fourth-order valence-electron chi connectivity index (χ4n) is 3.94. The smallest absolute Gasteiger partial charge is 0.310 e. The number of esters is 1. The number of aromatic nitrogens is 3. The fraction of sp³-hybridized carbons (Fsp3) is 0.167. The normalized spacial score (nSPS) is 12.1. The maximum absolute atomic E-state index is 14.3. The summed E-state index contributed by atoms with van der Waals surface area (Å²) in [6.45, 7) is 7.51. The number of allylic oxidation sites excluding steroid dienone is 5. The number of ether oxygens (including phenoxy) is 1. The van der Waals surface area contributed by atoms with Crippen molar-refractivity contribution in [1.82, 2.24) is 14.5 Å². The van der Waals surface area contributed by atoms with Crippen molar-refractivity contribution in [2.24, 2.45) is 0 Å². The van der Waals surface area contributed by atoms with Gasteiger partial charge in [0.1, 0.15) is 5.69 Å². The third-order valence-corrected chi connectivity index (χ3v) is 5.74. The first-order valence-corrected chi connectivity index (χ1v) is 11.9. The molecule has 0 amide bonds. The van der Waals surface area contributed by atoms with E-state index in [1.54, 1.807) is 26.0 Å². The molecule has 0 N–H and O–H groups in total. The first-order chi connectivity index (χ1) is 17.9. The largest absolute Gasteiger partial charge is 0.466 e. The summed E-state index contributed by atoms with van der Waals surface area (Å²) in [5.74, 6) is -2.35. The molecule has 0 unspecified atom stereocenters. The van der Waals surface area contributed by atoms with Crippen LogP contribution in [0, 0.1) is 0 Å². The predicted octanol–water partition coefficient (Wildman–Crippen LogP) is 6.94. The zero-order chi connectivity index (χ0) is 26.4. The molecule has 0 aliphatic carbocycles. The molecule has 7 heteroatoms. The van der Waals surface area contributed by atoms with Crippen molar-refractivity contribution in [3.8, 4) is 22.5 Å². The Hall–Kier alpha value is -4.39. The maximum atomic E-state index is 14.3. The molecule has 0 atom stereocenters. The van der Waals surface area contributed by atoms with Gasteiger partial charge in [-0.1, -0.05) is 67.3 Å². The van der Waals surface area contributed by atoms with Gasteiger partial charge in [0, 0.05) is 18.9 Å². The van der Waals surface area contributed by atoms with Crippen LogP contribution >= 0.6 is 0 Å². The number of carbonyl (C=O) groups excluding carboxylic acids is 1. The maximum Gasteiger partial charge on any atom is 0.310 e. The van der Waals surface area contributed by atoms with Crippen molar-refractivity contribution in [2.45, 2.75) is 26.8 Å². The molecule has 0 bridgehead atoms. The van der Waals surface area contributed by atoms with Crippen LogP contribution in [0.25, 0.3) is 28.1 Å². The zero-order valence-corrected chi connectivity index (χ0v) is 20.7. The number of imidazole rings is 1. The van der Waals surface area contributed by atoms with Crippen LogP contribution in [0.4, 0.5) is 8.78 Å². The quantitative estimate of drug-likeness (QED) is 0.185. The molecule has 2 aromatic carbocycles. The first kappa shape index (κ1) is 25.7. The number of nitrogens with zero attached hydrogens (tertiary/aromatic N) is 3. The highest BCUT2D eigenvalue weighted by Crippen LogP contribution is 2.28. The third-order valence-electron chi connectivity index (χ3n) is 5.74. The summed E-state index contributed by atoms with van der Waals surface area (Å²) >= 11 is 0. The molecule has 4 rings (SSSR count). The zero-order valence-electron chi connectivity index (χ0n) is 20.7. The van der Waals surface area contributed by atoms with Gasteiger partial charge < -0.3 is 9.30 Å². The molecule has 0 radical (unpaired) electrons. The van der Waals surface area contributed by atoms with E-state index < -0.39 is 11.7 Å². The third kappa shape index (κ3) is 6.25. The number of carbonyl (C=O) groups is 1. The average molecular weight is 500 g/mol. The molecular weight excluding hydrogens is 472 g/mol. The van der Waals surface area contributed by atoms with Gasteiger partial charge >= 0.3 is 5.97 Å². The molecule has 0 fully saturated rings. The second-order valence-electron chi connectivity index (χ2n) is 8.44. The Morgan fingerprint density at radius 3 is 2.19 bits per heavy atom. The van der Waals surface area contributed by atoms with E-state index in [0.717, 1.165) is 22.3 Å². The van der Waals surface area contributed by atoms with E-state index in [1.165, 1.54) is 6.08 Å². The fourth-order valence-corrected chi connectivity index (χ4v) is 3.94. The van der Waals surface area contributed by atoms with Crippen LogP contribution in [-0.4, -0.2) is 27.1 Å². The standard InChI is InChI=1S/C30H27F2N3O2/c1-4-6-25(29(32)20(3)31)30-33-26-15-16-35(19-27(26)34-30)18-22-9-13-24(14-10-22)23-11-7-21(8-12-23)17-28(36)37-5-2/h4,6-16,19H,3,5,17-18H2,1-2H3/b6-4-,29-25-. The monoisotopic (exact) mass is 499 g/mol. The minimum absolute atomic E-state index is 0.0396. The Kier molecular flexibility index (Phi) is 8.03. The molecule has 2 aliphatic heterocycles. The number of hydrogen-bond acceptors (Lipinski definition) is 4. The minimum Gasteiger partial charge on any atom is -0.466 e. The summed E-state index contributed by atoms with van der Waals surface area (Å²) in [6, 6.07) is 17.9. The highest BCUT2D eigenvalue weighted by molar-refractivity contribution is 5.76. The van der Waals surface area contributed by atoms with E-state index in [2.05, 4.69) is 40.8 Å². The molecule has 37 heavy (non-hydrogen) atoms. The molecule has 5 nitrogen and oxygen atoms in total. The lowest BCUT2D eigenvalue weighted by atomic mass is 10.0. The van der Waals surface area contributed by atoms with Crippen LogP contribution in [0.1, 0.15) is 30.8 Å². The summed E-state index contributed by atoms with van der Waals surface area (Å²) in [4.78, 5) is 20.4. The van der Waals surface area contributed by atoms with Crippen molar-refractivity contribution in [3.05, 3.63) is 114 Å². The second-order valence-corrected chi connectivity index (χ2v) is 8.44. The molecule has 2 heterocycles. The Morgan fingerprint density at radius 1 is 0.973 bits per heavy atom. The van der Waals surface area contributed by atoms with Gasteiger partial charge in [0.05, 0.1) is 24.3 Å². The van der Waals surface area contributed by atoms with Crippen LogP contribution in [-0.2, 0) is 22.5 Å². The summed E-state index contributed by atoms with van der Waals surface area (Å²) in [5, 5.41) is 0. The average Bonchev–Trinajstić information content (AvgIpc) is 3.31. The van der Waals surface area contributed by atoms with Crippen molar-refractivity contribution in [2.75, 3.05) is 6.61 Å². The molecule has 2 aliphatic rings. The first-order valence-electron chi connectivity index (χ1n) is 11.9. The van der Waals surface area contributed by atoms with Crippen LogP contribution < -0.4 is 0 Å². The molecule has 0 aromatic heterocycles. The van der Waals surface area contributed by atoms with Gasteiger partial charge in [0.15, 0.2) is 17.5 Å². The van der Waals surface area contributed by atoms with E-state index in [4.69, 9.17) is 4.74 Å². The summed E-state index contributed by atoms with van der Waals surface area (Å²) in [7, 11) is 0. The van der Waals surface area contributed by atoms with Crippen molar-refractivity contribution in [3.63, 3.8) is 0 Å². The van der Waals surface area contributed by atoms with Crippen LogP contribution in [0.3, 0.4) is 0 Å². The highest BCUT2D eigenvalue weighted by atomic mass is 19.2. The molecule has 0 saturated carbocycles. The SMILES string of the molecule is C=C(F)/C(F)=C(\C=C/C)c1nc2ccn(Cc3ccc(-c4ccc(CC(=O)OCC)cc4)cc3)cc-2n1. The van der Waals surface area contributed by atoms with E-state index in [9.17, 15) is 13.6 Å². The van der Waals surface area contributed by atoms with Crippen molar-refractivity contribution in [1.29, 1.82) is 0 Å². The van der Waals surface area contributed by atoms with E-state index in [-0.39, 0.29) is 23.8 Å². The Balaban J connectivity index is 1.49. The predicted molar refractivity (Wildman–Crippen MR) is 141 cm³/mol. The topological polar surface area (TPSA) is 57.0 Å². The second kappa shape index (κ2) is 11.6. The van der Waals surface area contributed by atoms with Gasteiger partial charge in [0.25, 0.3) is 0 Å². The lowest BCUT2D eigenvalue weighted by Gasteiger charge is -2.09. The number of rotatable bonds is 9. The molecule has 188 valence electrons. The number of pyridine rings is 1. The lowest BCUT2D eigenvalue weighted by Crippen LogP contribution is -2.07. The van der Waals surface area contributed by atoms with Crippen LogP contribution in [0.5, 0.6) is 0 Å². The highest BCUT2D eigenvalue weighted by Gasteiger charge is 2.18. The van der Waals surface area contributed by atoms with Crippen LogP contribution in [0.2, 0.25) is 0 Å². The van der Waals surface area contributed by atoms with Gasteiger partial charge in [-0.15, -0.1) is 0 Å². The van der Waals surface area contributed by atoms with Gasteiger partial charge in [0.2, 0.25) is 0 Å². The Bertz CT molecular complexity index is 1430. The number of halogens is 2. The molecule has 2 aromatic rings. The molecule has 0 saturated heterocycles. The van der Waals surface area contributed by atoms with Crippen molar-refractivity contribution >= 4 is 11.5 Å². The summed E-state index contributed by atoms with van der Waals surface area (Å²) in [5.41, 5.74) is 5.25. The van der Waals surface area contributed by atoms with Gasteiger partial charge in [-0.25, -0.2) is 18.7 Å². The number of benzene rings is 2. The summed E-state index contributed by atoms with van der Waals surface area (Å²) < 4.78 is 34.6. The Labute approximate surface area is 214 Å². The number of hydrogen-bond donors (Lipinski definition) is 0.